The zero-order valence-corrected chi connectivity index (χ0v) is 12.4. The van der Waals surface area contributed by atoms with Gasteiger partial charge in [-0.1, -0.05) is 12.1 Å². The average Bonchev–Trinajstić information content (AvgIpc) is 3.01. The molecule has 0 saturated heterocycles. The molecule has 0 unspecified atom stereocenters. The highest BCUT2D eigenvalue weighted by Gasteiger charge is 2.13. The molecule has 2 aromatic carbocycles. The highest BCUT2D eigenvalue weighted by Crippen LogP contribution is 2.34. The Bertz CT molecular complexity index is 760. The fraction of sp³-hybridized carbons (Fsp3) is 0.118. The molecule has 0 saturated carbocycles. The van der Waals surface area contributed by atoms with Crippen molar-refractivity contribution >= 4 is 17.7 Å². The Labute approximate surface area is 136 Å². The molecule has 0 aromatic heterocycles. The lowest BCUT2D eigenvalue weighted by atomic mass is 10.2. The lowest BCUT2D eigenvalue weighted by Crippen LogP contribution is -2.07. The first-order chi connectivity index (χ1) is 11.6. The number of anilines is 1. The Hall–Kier alpha value is -3.09. The van der Waals surface area contributed by atoms with Crippen LogP contribution in [0.1, 0.15) is 5.56 Å². The van der Waals surface area contributed by atoms with E-state index in [0.29, 0.717) is 22.7 Å². The number of carbonyl (C=O) groups is 1. The maximum absolute atomic E-state index is 12.1. The third-order valence-corrected chi connectivity index (χ3v) is 3.17. The third kappa shape index (κ3) is 4.01. The number of carbonyl (C=O) groups excluding carboxylic acids is 1. The number of amides is 1. The van der Waals surface area contributed by atoms with Gasteiger partial charge in [0.25, 0.3) is 0 Å². The van der Waals surface area contributed by atoms with Crippen LogP contribution in [0.4, 0.5) is 14.5 Å². The second-order valence-electron chi connectivity index (χ2n) is 4.84. The van der Waals surface area contributed by atoms with E-state index in [-0.39, 0.29) is 18.4 Å². The number of hydrogen-bond donors (Lipinski definition) is 1. The number of rotatable bonds is 5. The molecule has 0 bridgehead atoms. The molecule has 7 heteroatoms. The zero-order chi connectivity index (χ0) is 16.9. The minimum Gasteiger partial charge on any atom is -0.454 e. The van der Waals surface area contributed by atoms with E-state index in [1.54, 1.807) is 36.4 Å². The Kier molecular flexibility index (Phi) is 4.60. The second-order valence-corrected chi connectivity index (χ2v) is 4.84. The monoisotopic (exact) mass is 333 g/mol. The summed E-state index contributed by atoms with van der Waals surface area (Å²) in [4.78, 5) is 11.9. The fourth-order valence-electron chi connectivity index (χ4n) is 2.09. The Balaban J connectivity index is 1.59. The molecule has 3 rings (SSSR count). The lowest BCUT2D eigenvalue weighted by Gasteiger charge is -2.04. The van der Waals surface area contributed by atoms with Crippen molar-refractivity contribution in [2.24, 2.45) is 0 Å². The number of ether oxygens (including phenoxy) is 3. The van der Waals surface area contributed by atoms with Gasteiger partial charge in [0, 0.05) is 17.8 Å². The predicted octanol–water partition coefficient (Wildman–Crippen LogP) is 3.67. The fourth-order valence-corrected chi connectivity index (χ4v) is 2.09. The van der Waals surface area contributed by atoms with Crippen molar-refractivity contribution in [2.45, 2.75) is 6.61 Å². The van der Waals surface area contributed by atoms with Crippen molar-refractivity contribution in [1.29, 1.82) is 0 Å². The van der Waals surface area contributed by atoms with Gasteiger partial charge < -0.3 is 19.5 Å². The number of fused-ring (bicyclic) bond motifs is 1. The van der Waals surface area contributed by atoms with E-state index < -0.39 is 6.61 Å². The van der Waals surface area contributed by atoms with Gasteiger partial charge in [-0.05, 0) is 35.9 Å². The van der Waals surface area contributed by atoms with Crippen LogP contribution >= 0.6 is 0 Å². The van der Waals surface area contributed by atoms with Crippen molar-refractivity contribution in [3.63, 3.8) is 0 Å². The lowest BCUT2D eigenvalue weighted by molar-refractivity contribution is -0.111. The maximum Gasteiger partial charge on any atom is 0.387 e. The molecule has 5 nitrogen and oxygen atoms in total. The van der Waals surface area contributed by atoms with Gasteiger partial charge in [0.1, 0.15) is 5.75 Å². The van der Waals surface area contributed by atoms with Crippen LogP contribution < -0.4 is 19.5 Å². The smallest absolute Gasteiger partial charge is 0.387 e. The molecular weight excluding hydrogens is 320 g/mol. The Morgan fingerprint density at radius 3 is 2.62 bits per heavy atom. The molecule has 0 atom stereocenters. The number of nitrogens with one attached hydrogen (secondary N) is 1. The van der Waals surface area contributed by atoms with E-state index in [1.165, 1.54) is 18.2 Å². The van der Waals surface area contributed by atoms with Crippen molar-refractivity contribution in [3.8, 4) is 17.2 Å². The van der Waals surface area contributed by atoms with Gasteiger partial charge in [-0.25, -0.2) is 0 Å². The summed E-state index contributed by atoms with van der Waals surface area (Å²) < 4.78 is 38.8. The topological polar surface area (TPSA) is 56.8 Å². The van der Waals surface area contributed by atoms with E-state index in [1.807, 2.05) is 0 Å². The summed E-state index contributed by atoms with van der Waals surface area (Å²) in [6, 6.07) is 11.0. The maximum atomic E-state index is 12.1. The van der Waals surface area contributed by atoms with Gasteiger partial charge in [-0.15, -0.1) is 0 Å². The first-order valence-corrected chi connectivity index (χ1v) is 7.04. The minimum atomic E-state index is -2.86. The van der Waals surface area contributed by atoms with Crippen LogP contribution in [-0.4, -0.2) is 19.3 Å². The van der Waals surface area contributed by atoms with Gasteiger partial charge in [-0.2, -0.15) is 8.78 Å². The summed E-state index contributed by atoms with van der Waals surface area (Å²) in [7, 11) is 0. The minimum absolute atomic E-state index is 0.0620. The predicted molar refractivity (Wildman–Crippen MR) is 83.3 cm³/mol. The highest BCUT2D eigenvalue weighted by atomic mass is 19.3. The summed E-state index contributed by atoms with van der Waals surface area (Å²) in [5, 5.41) is 2.69. The summed E-state index contributed by atoms with van der Waals surface area (Å²) in [6.45, 7) is -2.70. The van der Waals surface area contributed by atoms with Crippen molar-refractivity contribution in [1.82, 2.24) is 0 Å². The Morgan fingerprint density at radius 2 is 1.88 bits per heavy atom. The second kappa shape index (κ2) is 6.99. The first kappa shape index (κ1) is 15.8. The van der Waals surface area contributed by atoms with E-state index in [4.69, 9.17) is 9.47 Å². The van der Waals surface area contributed by atoms with Crippen LogP contribution in [0.5, 0.6) is 17.2 Å². The molecule has 0 aliphatic carbocycles. The SMILES string of the molecule is O=C(/C=C/c1ccc(OC(F)F)cc1)Nc1ccc2c(c1)OCO2. The number of benzene rings is 2. The van der Waals surface area contributed by atoms with Gasteiger partial charge in [-0.3, -0.25) is 4.79 Å². The Morgan fingerprint density at radius 1 is 1.12 bits per heavy atom. The van der Waals surface area contributed by atoms with Gasteiger partial charge >= 0.3 is 6.61 Å². The number of alkyl halides is 2. The average molecular weight is 333 g/mol. The van der Waals surface area contributed by atoms with E-state index in [0.717, 1.165) is 0 Å². The zero-order valence-electron chi connectivity index (χ0n) is 12.4. The third-order valence-electron chi connectivity index (χ3n) is 3.17. The number of hydrogen-bond acceptors (Lipinski definition) is 4. The molecular formula is C17H13F2NO4. The normalized spacial score (nSPS) is 12.6. The molecule has 1 aliphatic heterocycles. The van der Waals surface area contributed by atoms with Crippen molar-refractivity contribution < 1.29 is 27.8 Å². The first-order valence-electron chi connectivity index (χ1n) is 7.04. The molecule has 24 heavy (non-hydrogen) atoms. The molecule has 0 fully saturated rings. The van der Waals surface area contributed by atoms with Crippen LogP contribution in [0.3, 0.4) is 0 Å². The largest absolute Gasteiger partial charge is 0.454 e. The van der Waals surface area contributed by atoms with Crippen LogP contribution in [0.2, 0.25) is 0 Å². The van der Waals surface area contributed by atoms with Gasteiger partial charge in [0.15, 0.2) is 11.5 Å². The molecule has 0 spiro atoms. The molecule has 1 N–H and O–H groups in total. The molecule has 0 radical (unpaired) electrons. The van der Waals surface area contributed by atoms with E-state index in [9.17, 15) is 13.6 Å². The van der Waals surface area contributed by atoms with Crippen LogP contribution in [0.25, 0.3) is 6.08 Å². The molecule has 1 heterocycles. The van der Waals surface area contributed by atoms with Crippen LogP contribution in [0.15, 0.2) is 48.5 Å². The summed E-state index contributed by atoms with van der Waals surface area (Å²) in [5.41, 5.74) is 1.26. The standard InChI is InChI=1S/C17H13F2NO4/c18-17(19)24-13-5-1-11(2-6-13)3-8-16(21)20-12-4-7-14-15(9-12)23-10-22-14/h1-9,17H,10H2,(H,20,21)/b8-3+. The highest BCUT2D eigenvalue weighted by molar-refractivity contribution is 6.02. The number of halogens is 2. The summed E-state index contributed by atoms with van der Waals surface area (Å²) in [5.74, 6) is 0.940. The van der Waals surface area contributed by atoms with Gasteiger partial charge in [0.2, 0.25) is 12.7 Å². The van der Waals surface area contributed by atoms with E-state index in [2.05, 4.69) is 10.1 Å². The molecule has 124 valence electrons. The van der Waals surface area contributed by atoms with Crippen LogP contribution in [-0.2, 0) is 4.79 Å². The molecule has 2 aromatic rings. The van der Waals surface area contributed by atoms with Crippen molar-refractivity contribution in [2.75, 3.05) is 12.1 Å². The quantitative estimate of drug-likeness (QED) is 0.848. The summed E-state index contributed by atoms with van der Waals surface area (Å²) in [6.07, 6.45) is 2.90. The molecule has 1 aliphatic rings. The van der Waals surface area contributed by atoms with Crippen LogP contribution in [0, 0.1) is 0 Å². The summed E-state index contributed by atoms with van der Waals surface area (Å²) >= 11 is 0. The van der Waals surface area contributed by atoms with Crippen molar-refractivity contribution in [3.05, 3.63) is 54.1 Å². The van der Waals surface area contributed by atoms with E-state index >= 15 is 0 Å². The molecule has 1 amide bonds. The van der Waals surface area contributed by atoms with Gasteiger partial charge in [0.05, 0.1) is 0 Å².